The van der Waals surface area contributed by atoms with E-state index in [-0.39, 0.29) is 24.4 Å². The summed E-state index contributed by atoms with van der Waals surface area (Å²) in [4.78, 5) is 29.1. The molecular weight excluding hydrogens is 364 g/mol. The number of hydrogen-bond acceptors (Lipinski definition) is 3. The minimum Gasteiger partial charge on any atom is -0.378 e. The van der Waals surface area contributed by atoms with Gasteiger partial charge in [0, 0.05) is 23.4 Å². The van der Waals surface area contributed by atoms with Crippen molar-refractivity contribution < 1.29 is 14.7 Å². The minimum atomic E-state index is -1.07. The summed E-state index contributed by atoms with van der Waals surface area (Å²) in [5.74, 6) is 5.38. The summed E-state index contributed by atoms with van der Waals surface area (Å²) in [7, 11) is 0. The Labute approximate surface area is 171 Å². The monoisotopic (exact) mass is 390 g/mol. The highest BCUT2D eigenvalue weighted by atomic mass is 16.3. The van der Waals surface area contributed by atoms with Crippen molar-refractivity contribution in [3.8, 4) is 11.8 Å². The first-order valence-corrected chi connectivity index (χ1v) is 9.68. The van der Waals surface area contributed by atoms with Crippen LogP contribution < -0.4 is 4.90 Å². The van der Waals surface area contributed by atoms with E-state index in [4.69, 9.17) is 0 Å². The van der Waals surface area contributed by atoms with E-state index in [1.807, 2.05) is 38.1 Å². The highest BCUT2D eigenvalue weighted by Gasteiger charge is 2.34. The van der Waals surface area contributed by atoms with Crippen molar-refractivity contribution in [2.45, 2.75) is 39.3 Å². The third kappa shape index (κ3) is 4.85. The summed E-state index contributed by atoms with van der Waals surface area (Å²) in [6, 6.07) is 14.6. The van der Waals surface area contributed by atoms with E-state index in [1.165, 1.54) is 0 Å². The zero-order valence-electron chi connectivity index (χ0n) is 17.3. The molecular formula is C24H26N2O3. The molecule has 1 aliphatic rings. The molecule has 1 aliphatic heterocycles. The molecule has 29 heavy (non-hydrogen) atoms. The van der Waals surface area contributed by atoms with Crippen LogP contribution in [0.5, 0.6) is 0 Å². The summed E-state index contributed by atoms with van der Waals surface area (Å²) in [6.07, 6.45) is 0. The predicted octanol–water partition coefficient (Wildman–Crippen LogP) is 2.99. The third-order valence-electron chi connectivity index (χ3n) is 4.83. The lowest BCUT2D eigenvalue weighted by molar-refractivity contribution is -0.121. The number of piperazine rings is 1. The lowest BCUT2D eigenvalue weighted by atomic mass is 10.1. The van der Waals surface area contributed by atoms with Crippen molar-refractivity contribution >= 4 is 17.5 Å². The molecule has 5 heteroatoms. The van der Waals surface area contributed by atoms with Gasteiger partial charge < -0.3 is 14.9 Å². The zero-order valence-corrected chi connectivity index (χ0v) is 17.3. The molecule has 2 aromatic rings. The first-order chi connectivity index (χ1) is 13.7. The second-order valence-electron chi connectivity index (χ2n) is 7.97. The molecule has 0 aliphatic carbocycles. The van der Waals surface area contributed by atoms with Gasteiger partial charge in [-0.15, -0.1) is 0 Å². The molecule has 3 rings (SSSR count). The first kappa shape index (κ1) is 20.6. The van der Waals surface area contributed by atoms with Gasteiger partial charge in [-0.1, -0.05) is 30.0 Å². The van der Waals surface area contributed by atoms with Crippen LogP contribution in [0.4, 0.5) is 5.69 Å². The summed E-state index contributed by atoms with van der Waals surface area (Å²) >= 11 is 0. The number of carbonyl (C=O) groups excluding carboxylic acids is 2. The quantitative estimate of drug-likeness (QED) is 0.802. The maximum absolute atomic E-state index is 12.9. The van der Waals surface area contributed by atoms with Crippen molar-refractivity contribution in [2.75, 3.05) is 18.0 Å². The number of nitrogens with zero attached hydrogens (tertiary/aromatic N) is 2. The Morgan fingerprint density at radius 2 is 1.79 bits per heavy atom. The number of amides is 2. The van der Waals surface area contributed by atoms with E-state index in [0.29, 0.717) is 12.1 Å². The molecule has 2 amide bonds. The minimum absolute atomic E-state index is 0.0533. The fourth-order valence-corrected chi connectivity index (χ4v) is 3.41. The maximum Gasteiger partial charge on any atom is 0.254 e. The number of benzene rings is 2. The molecule has 2 aromatic carbocycles. The Balaban J connectivity index is 1.74. The van der Waals surface area contributed by atoms with Crippen molar-refractivity contribution in [1.29, 1.82) is 0 Å². The van der Waals surface area contributed by atoms with Crippen molar-refractivity contribution in [3.63, 3.8) is 0 Å². The smallest absolute Gasteiger partial charge is 0.254 e. The van der Waals surface area contributed by atoms with Crippen LogP contribution in [0.3, 0.4) is 0 Å². The number of carbonyl (C=O) groups is 2. The van der Waals surface area contributed by atoms with Gasteiger partial charge in [0.15, 0.2) is 0 Å². The maximum atomic E-state index is 12.9. The highest BCUT2D eigenvalue weighted by molar-refractivity contribution is 6.02. The molecule has 0 aromatic heterocycles. The molecule has 1 fully saturated rings. The van der Waals surface area contributed by atoms with Crippen molar-refractivity contribution in [3.05, 3.63) is 65.2 Å². The average molecular weight is 390 g/mol. The number of anilines is 1. The van der Waals surface area contributed by atoms with Gasteiger partial charge in [0.05, 0.1) is 6.04 Å². The second-order valence-corrected chi connectivity index (χ2v) is 7.97. The molecule has 0 spiro atoms. The van der Waals surface area contributed by atoms with E-state index in [9.17, 15) is 14.7 Å². The normalized spacial score (nSPS) is 17.0. The highest BCUT2D eigenvalue weighted by Crippen LogP contribution is 2.25. The predicted molar refractivity (Wildman–Crippen MR) is 114 cm³/mol. The van der Waals surface area contributed by atoms with Gasteiger partial charge in [0.1, 0.15) is 12.1 Å². The SMILES string of the molecule is Cc1ccccc1N1C(=O)CN(C(=O)c2ccc(C#CC(C)(C)O)cc2)CC1C. The summed E-state index contributed by atoms with van der Waals surface area (Å²) in [6.45, 7) is 7.70. The molecule has 1 heterocycles. The van der Waals surface area contributed by atoms with Gasteiger partial charge in [-0.25, -0.2) is 0 Å². The number of para-hydroxylation sites is 1. The summed E-state index contributed by atoms with van der Waals surface area (Å²) < 4.78 is 0. The largest absolute Gasteiger partial charge is 0.378 e. The van der Waals surface area contributed by atoms with Crippen LogP contribution in [-0.2, 0) is 4.79 Å². The van der Waals surface area contributed by atoms with Crippen LogP contribution in [-0.4, -0.2) is 46.6 Å². The topological polar surface area (TPSA) is 60.9 Å². The van der Waals surface area contributed by atoms with Crippen LogP contribution in [0.25, 0.3) is 0 Å². The molecule has 150 valence electrons. The summed E-state index contributed by atoms with van der Waals surface area (Å²) in [5.41, 5.74) is 2.10. The first-order valence-electron chi connectivity index (χ1n) is 9.68. The van der Waals surface area contributed by atoms with Gasteiger partial charge in [-0.3, -0.25) is 9.59 Å². The Morgan fingerprint density at radius 3 is 2.38 bits per heavy atom. The van der Waals surface area contributed by atoms with E-state index < -0.39 is 5.60 Å². The van der Waals surface area contributed by atoms with Crippen LogP contribution in [0.15, 0.2) is 48.5 Å². The van der Waals surface area contributed by atoms with Gasteiger partial charge in [0.25, 0.3) is 5.91 Å². The lowest BCUT2D eigenvalue weighted by Crippen LogP contribution is -2.57. The Kier molecular flexibility index (Phi) is 5.76. The van der Waals surface area contributed by atoms with Crippen LogP contribution in [0, 0.1) is 18.8 Å². The zero-order chi connectivity index (χ0) is 21.2. The van der Waals surface area contributed by atoms with Gasteiger partial charge >= 0.3 is 0 Å². The van der Waals surface area contributed by atoms with Crippen molar-refractivity contribution in [2.24, 2.45) is 0 Å². The van der Waals surface area contributed by atoms with E-state index in [1.54, 1.807) is 47.9 Å². The van der Waals surface area contributed by atoms with E-state index in [0.717, 1.165) is 16.8 Å². The Bertz CT molecular complexity index is 978. The number of aliphatic hydroxyl groups is 1. The molecule has 1 atom stereocenters. The molecule has 0 bridgehead atoms. The number of hydrogen-bond donors (Lipinski definition) is 1. The second kappa shape index (κ2) is 8.10. The Morgan fingerprint density at radius 1 is 1.14 bits per heavy atom. The Hall–Kier alpha value is -3.10. The molecule has 0 saturated carbocycles. The molecule has 5 nitrogen and oxygen atoms in total. The standard InChI is InChI=1S/C24H26N2O3/c1-17-7-5-6-8-21(17)26-18(2)15-25(16-22(26)27)23(28)20-11-9-19(10-12-20)13-14-24(3,4)29/h5-12,18,29H,15-16H2,1-4H3. The fraction of sp³-hybridized carbons (Fsp3) is 0.333. The lowest BCUT2D eigenvalue weighted by Gasteiger charge is -2.40. The fourth-order valence-electron chi connectivity index (χ4n) is 3.41. The van der Waals surface area contributed by atoms with Gasteiger partial charge in [0.2, 0.25) is 5.91 Å². The molecule has 1 unspecified atom stereocenters. The third-order valence-corrected chi connectivity index (χ3v) is 4.83. The van der Waals surface area contributed by atoms with Crippen LogP contribution in [0.1, 0.15) is 42.3 Å². The van der Waals surface area contributed by atoms with Gasteiger partial charge in [-0.2, -0.15) is 0 Å². The van der Waals surface area contributed by atoms with Gasteiger partial charge in [-0.05, 0) is 63.6 Å². The summed E-state index contributed by atoms with van der Waals surface area (Å²) in [5, 5.41) is 9.69. The average Bonchev–Trinajstić information content (AvgIpc) is 2.66. The van der Waals surface area contributed by atoms with Crippen molar-refractivity contribution in [1.82, 2.24) is 4.90 Å². The molecule has 1 N–H and O–H groups in total. The molecule has 1 saturated heterocycles. The van der Waals surface area contributed by atoms with Crippen LogP contribution in [0.2, 0.25) is 0 Å². The van der Waals surface area contributed by atoms with Crippen LogP contribution >= 0.6 is 0 Å². The van der Waals surface area contributed by atoms with E-state index in [2.05, 4.69) is 11.8 Å². The molecule has 0 radical (unpaired) electrons. The van der Waals surface area contributed by atoms with E-state index >= 15 is 0 Å². The number of aryl methyl sites for hydroxylation is 1. The number of rotatable bonds is 2.